The van der Waals surface area contributed by atoms with E-state index in [0.717, 1.165) is 25.9 Å². The molecule has 0 atom stereocenters. The van der Waals surface area contributed by atoms with Crippen LogP contribution in [0.2, 0.25) is 0 Å². The predicted molar refractivity (Wildman–Crippen MR) is 93.2 cm³/mol. The smallest absolute Gasteiger partial charge is 0.387 e. The molecule has 1 saturated heterocycles. The first-order valence-electron chi connectivity index (χ1n) is 8.54. The van der Waals surface area contributed by atoms with Gasteiger partial charge in [-0.3, -0.25) is 9.89 Å². The summed E-state index contributed by atoms with van der Waals surface area (Å²) in [6.07, 6.45) is 3.44. The van der Waals surface area contributed by atoms with Crippen LogP contribution in [0.15, 0.2) is 30.5 Å². The molecule has 8 heteroatoms. The van der Waals surface area contributed by atoms with Crippen LogP contribution in [0, 0.1) is 5.41 Å². The summed E-state index contributed by atoms with van der Waals surface area (Å²) >= 11 is 0. The zero-order valence-corrected chi connectivity index (χ0v) is 14.5. The molecule has 1 aliphatic heterocycles. The number of hydrogen-bond acceptors (Lipinski definition) is 4. The number of hydrogen-bond donors (Lipinski definition) is 3. The molecule has 1 aromatic heterocycles. The van der Waals surface area contributed by atoms with Crippen molar-refractivity contribution in [1.29, 1.82) is 0 Å². The Balaban J connectivity index is 1.72. The van der Waals surface area contributed by atoms with Crippen LogP contribution in [0.25, 0.3) is 11.3 Å². The topological polar surface area (TPSA) is 79.0 Å². The number of amides is 1. The minimum absolute atomic E-state index is 0.0284. The number of aromatic nitrogens is 2. The monoisotopic (exact) mass is 364 g/mol. The summed E-state index contributed by atoms with van der Waals surface area (Å²) in [5, 5.41) is 13.0. The first-order chi connectivity index (χ1) is 12.5. The lowest BCUT2D eigenvalue weighted by Crippen LogP contribution is -2.42. The van der Waals surface area contributed by atoms with Crippen molar-refractivity contribution in [3.05, 3.63) is 36.0 Å². The summed E-state index contributed by atoms with van der Waals surface area (Å²) in [7, 11) is 0. The third kappa shape index (κ3) is 4.37. The van der Waals surface area contributed by atoms with E-state index in [-0.39, 0.29) is 17.1 Å². The number of rotatable bonds is 6. The number of halogens is 2. The van der Waals surface area contributed by atoms with E-state index < -0.39 is 6.61 Å². The highest BCUT2D eigenvalue weighted by Crippen LogP contribution is 2.28. The van der Waals surface area contributed by atoms with Gasteiger partial charge in [-0.25, -0.2) is 0 Å². The fourth-order valence-corrected chi connectivity index (χ4v) is 3.10. The molecule has 0 radical (unpaired) electrons. The maximum absolute atomic E-state index is 12.6. The quantitative estimate of drug-likeness (QED) is 0.736. The number of ether oxygens (including phenoxy) is 1. The second-order valence-corrected chi connectivity index (χ2v) is 6.81. The molecule has 0 unspecified atom stereocenters. The molecule has 0 bridgehead atoms. The van der Waals surface area contributed by atoms with Crippen LogP contribution >= 0.6 is 0 Å². The number of aromatic amines is 1. The van der Waals surface area contributed by atoms with Gasteiger partial charge in [-0.15, -0.1) is 0 Å². The first-order valence-corrected chi connectivity index (χ1v) is 8.54. The van der Waals surface area contributed by atoms with E-state index in [1.807, 2.05) is 0 Å². The molecule has 2 heterocycles. The molecule has 140 valence electrons. The Morgan fingerprint density at radius 2 is 2.15 bits per heavy atom. The zero-order valence-electron chi connectivity index (χ0n) is 14.5. The van der Waals surface area contributed by atoms with Crippen LogP contribution < -0.4 is 15.4 Å². The summed E-state index contributed by atoms with van der Waals surface area (Å²) in [5.74, 6) is -0.214. The summed E-state index contributed by atoms with van der Waals surface area (Å²) in [4.78, 5) is 12.6. The Morgan fingerprint density at radius 1 is 1.38 bits per heavy atom. The van der Waals surface area contributed by atoms with Crippen molar-refractivity contribution in [2.75, 3.05) is 19.6 Å². The molecule has 3 N–H and O–H groups in total. The molecular weight excluding hydrogens is 342 g/mol. The Bertz CT molecular complexity index is 757. The average Bonchev–Trinajstić information content (AvgIpc) is 3.10. The average molecular weight is 364 g/mol. The lowest BCUT2D eigenvalue weighted by Gasteiger charge is -2.34. The Hall–Kier alpha value is -2.48. The maximum Gasteiger partial charge on any atom is 0.387 e. The SMILES string of the molecule is CC1(CNC(=O)c2cn[nH]c2-c2cccc(OC(F)F)c2)CCNCC1. The van der Waals surface area contributed by atoms with Crippen LogP contribution in [0.5, 0.6) is 5.75 Å². The van der Waals surface area contributed by atoms with Gasteiger partial charge in [0.25, 0.3) is 5.91 Å². The number of carbonyl (C=O) groups excluding carboxylic acids is 1. The lowest BCUT2D eigenvalue weighted by atomic mass is 9.81. The third-order valence-corrected chi connectivity index (χ3v) is 4.72. The molecule has 1 amide bonds. The molecule has 1 fully saturated rings. The zero-order chi connectivity index (χ0) is 18.6. The van der Waals surface area contributed by atoms with E-state index in [9.17, 15) is 13.6 Å². The van der Waals surface area contributed by atoms with Crippen molar-refractivity contribution in [2.24, 2.45) is 5.41 Å². The number of nitrogens with one attached hydrogen (secondary N) is 3. The fraction of sp³-hybridized carbons (Fsp3) is 0.444. The second kappa shape index (κ2) is 7.82. The van der Waals surface area contributed by atoms with Gasteiger partial charge in [0.2, 0.25) is 0 Å². The van der Waals surface area contributed by atoms with Crippen LogP contribution in [-0.2, 0) is 0 Å². The van der Waals surface area contributed by atoms with Crippen molar-refractivity contribution in [1.82, 2.24) is 20.8 Å². The minimum atomic E-state index is -2.90. The first kappa shape index (κ1) is 18.3. The minimum Gasteiger partial charge on any atom is -0.435 e. The summed E-state index contributed by atoms with van der Waals surface area (Å²) in [5.41, 5.74) is 1.46. The van der Waals surface area contributed by atoms with Crippen LogP contribution in [0.3, 0.4) is 0 Å². The maximum atomic E-state index is 12.6. The van der Waals surface area contributed by atoms with Gasteiger partial charge in [-0.2, -0.15) is 13.9 Å². The van der Waals surface area contributed by atoms with Crippen molar-refractivity contribution < 1.29 is 18.3 Å². The molecule has 26 heavy (non-hydrogen) atoms. The molecule has 0 spiro atoms. The highest BCUT2D eigenvalue weighted by Gasteiger charge is 2.27. The van der Waals surface area contributed by atoms with Crippen LogP contribution in [0.1, 0.15) is 30.1 Å². The van der Waals surface area contributed by atoms with E-state index in [4.69, 9.17) is 0 Å². The van der Waals surface area contributed by atoms with E-state index in [1.165, 1.54) is 18.3 Å². The molecule has 6 nitrogen and oxygen atoms in total. The molecule has 2 aromatic rings. The largest absolute Gasteiger partial charge is 0.435 e. The summed E-state index contributed by atoms with van der Waals surface area (Å²) in [6, 6.07) is 6.18. The number of piperidine rings is 1. The van der Waals surface area contributed by atoms with Gasteiger partial charge in [0, 0.05) is 12.1 Å². The van der Waals surface area contributed by atoms with Crippen molar-refractivity contribution in [3.8, 4) is 17.0 Å². The highest BCUT2D eigenvalue weighted by atomic mass is 19.3. The Labute approximate surface area is 150 Å². The molecule has 1 aromatic carbocycles. The van der Waals surface area contributed by atoms with Gasteiger partial charge in [0.1, 0.15) is 5.75 Å². The third-order valence-electron chi connectivity index (χ3n) is 4.72. The van der Waals surface area contributed by atoms with Gasteiger partial charge in [-0.1, -0.05) is 19.1 Å². The number of alkyl halides is 2. The highest BCUT2D eigenvalue weighted by molar-refractivity contribution is 5.99. The standard InChI is InChI=1S/C18H22F2N4O2/c1-18(5-7-21-8-6-18)11-22-16(25)14-10-23-24-15(14)12-3-2-4-13(9-12)26-17(19)20/h2-4,9-10,17,21H,5-8,11H2,1H3,(H,22,25)(H,23,24). The normalized spacial score (nSPS) is 16.5. The van der Waals surface area contributed by atoms with Crippen LogP contribution in [-0.4, -0.2) is 42.4 Å². The van der Waals surface area contributed by atoms with Crippen molar-refractivity contribution in [3.63, 3.8) is 0 Å². The van der Waals surface area contributed by atoms with Crippen molar-refractivity contribution >= 4 is 5.91 Å². The summed E-state index contributed by atoms with van der Waals surface area (Å²) in [6.45, 7) is 1.73. The van der Waals surface area contributed by atoms with Gasteiger partial charge in [-0.05, 0) is 43.5 Å². The molecule has 3 rings (SSSR count). The Kier molecular flexibility index (Phi) is 5.51. The lowest BCUT2D eigenvalue weighted by molar-refractivity contribution is -0.0498. The molecular formula is C18H22F2N4O2. The van der Waals surface area contributed by atoms with Gasteiger partial charge < -0.3 is 15.4 Å². The number of nitrogens with zero attached hydrogens (tertiary/aromatic N) is 1. The molecule has 0 aliphatic carbocycles. The van der Waals surface area contributed by atoms with Gasteiger partial charge in [0.05, 0.1) is 17.5 Å². The number of H-pyrrole nitrogens is 1. The molecule has 1 aliphatic rings. The van der Waals surface area contributed by atoms with Crippen LogP contribution in [0.4, 0.5) is 8.78 Å². The molecule has 0 saturated carbocycles. The van der Waals surface area contributed by atoms with E-state index >= 15 is 0 Å². The summed E-state index contributed by atoms with van der Waals surface area (Å²) < 4.78 is 29.2. The number of carbonyl (C=O) groups is 1. The number of benzene rings is 1. The second-order valence-electron chi connectivity index (χ2n) is 6.81. The van der Waals surface area contributed by atoms with E-state index in [0.29, 0.717) is 23.4 Å². The predicted octanol–water partition coefficient (Wildman–Crippen LogP) is 2.80. The van der Waals surface area contributed by atoms with E-state index in [1.54, 1.807) is 12.1 Å². The van der Waals surface area contributed by atoms with Crippen molar-refractivity contribution in [2.45, 2.75) is 26.4 Å². The fourth-order valence-electron chi connectivity index (χ4n) is 3.10. The Morgan fingerprint density at radius 3 is 2.88 bits per heavy atom. The van der Waals surface area contributed by atoms with Gasteiger partial charge >= 0.3 is 6.61 Å². The van der Waals surface area contributed by atoms with Gasteiger partial charge in [0.15, 0.2) is 0 Å². The van der Waals surface area contributed by atoms with E-state index in [2.05, 4.69) is 32.5 Å².